The van der Waals surface area contributed by atoms with Gasteiger partial charge in [-0.25, -0.2) is 9.59 Å². The minimum absolute atomic E-state index is 0.209. The predicted molar refractivity (Wildman–Crippen MR) is 69.9 cm³/mol. The molecular weight excluding hydrogens is 262 g/mol. The van der Waals surface area contributed by atoms with Gasteiger partial charge in [0.25, 0.3) is 0 Å². The number of aromatic carboxylic acids is 1. The molecule has 0 aromatic heterocycles. The monoisotopic (exact) mass is 275 g/mol. The largest absolute Gasteiger partial charge is 0.507 e. The maximum Gasteiger partial charge on any atom is 0.348 e. The van der Waals surface area contributed by atoms with Gasteiger partial charge in [0.15, 0.2) is 0 Å². The van der Waals surface area contributed by atoms with Crippen molar-refractivity contribution in [3.63, 3.8) is 0 Å². The summed E-state index contributed by atoms with van der Waals surface area (Å²) in [6.45, 7) is 2.03. The third-order valence-corrected chi connectivity index (χ3v) is 2.34. The van der Waals surface area contributed by atoms with E-state index in [0.29, 0.717) is 12.0 Å². The highest BCUT2D eigenvalue weighted by Gasteiger charge is 2.12. The lowest BCUT2D eigenvalue weighted by Crippen LogP contribution is -2.07. The van der Waals surface area contributed by atoms with Crippen LogP contribution in [0.2, 0.25) is 0 Å². The summed E-state index contributed by atoms with van der Waals surface area (Å²) >= 11 is 0. The molecule has 0 bridgehead atoms. The summed E-state index contributed by atoms with van der Waals surface area (Å²) in [4.78, 5) is 22.3. The molecule has 0 saturated heterocycles. The highest BCUT2D eigenvalue weighted by molar-refractivity contribution is 5.98. The fourth-order valence-electron chi connectivity index (χ4n) is 1.40. The average molecular weight is 275 g/mol. The molecule has 0 atom stereocenters. The molecule has 0 fully saturated rings. The highest BCUT2D eigenvalue weighted by atomic mass is 16.5. The topological polar surface area (TPSA) is 108 Å². The lowest BCUT2D eigenvalue weighted by molar-refractivity contribution is -0.138. The fraction of sp³-hybridized carbons (Fsp3) is 0.214. The maximum atomic E-state index is 11.5. The van der Waals surface area contributed by atoms with Crippen LogP contribution in [-0.2, 0) is 9.53 Å². The molecule has 0 heterocycles. The van der Waals surface area contributed by atoms with Gasteiger partial charge in [-0.3, -0.25) is 0 Å². The van der Waals surface area contributed by atoms with Crippen molar-refractivity contribution >= 4 is 18.0 Å². The molecule has 0 aliphatic rings. The Morgan fingerprint density at radius 2 is 2.15 bits per heavy atom. The molecule has 0 radical (unpaired) electrons. The summed E-state index contributed by atoms with van der Waals surface area (Å²) in [7, 11) is 0. The first kappa shape index (κ1) is 15.2. The van der Waals surface area contributed by atoms with Crippen LogP contribution in [-0.4, -0.2) is 28.8 Å². The number of phenols is 1. The Kier molecular flexibility index (Phi) is 5.30. The van der Waals surface area contributed by atoms with E-state index in [1.807, 2.05) is 6.92 Å². The van der Waals surface area contributed by atoms with E-state index < -0.39 is 17.7 Å². The lowest BCUT2D eigenvalue weighted by Gasteiger charge is -2.03. The number of nitriles is 1. The second kappa shape index (κ2) is 6.95. The van der Waals surface area contributed by atoms with Crippen molar-refractivity contribution in [2.75, 3.05) is 6.61 Å². The van der Waals surface area contributed by atoms with Crippen LogP contribution >= 0.6 is 0 Å². The predicted octanol–water partition coefficient (Wildman–Crippen LogP) is 1.95. The number of nitrogens with zero attached hydrogens (tertiary/aromatic N) is 1. The number of carboxylic acid groups (broad SMARTS) is 1. The van der Waals surface area contributed by atoms with Gasteiger partial charge in [0, 0.05) is 0 Å². The first-order valence-electron chi connectivity index (χ1n) is 5.84. The Bertz CT molecular complexity index is 598. The molecule has 0 aliphatic heterocycles. The van der Waals surface area contributed by atoms with Gasteiger partial charge in [0.2, 0.25) is 0 Å². The Labute approximate surface area is 115 Å². The number of hydrogen-bond acceptors (Lipinski definition) is 5. The van der Waals surface area contributed by atoms with Crippen LogP contribution in [0, 0.1) is 11.3 Å². The number of carboxylic acids is 1. The zero-order chi connectivity index (χ0) is 15.1. The Morgan fingerprint density at radius 1 is 1.45 bits per heavy atom. The number of benzene rings is 1. The second-order valence-electron chi connectivity index (χ2n) is 3.89. The summed E-state index contributed by atoms with van der Waals surface area (Å²) in [6, 6.07) is 5.44. The number of hydrogen-bond donors (Lipinski definition) is 2. The third-order valence-electron chi connectivity index (χ3n) is 2.34. The zero-order valence-electron chi connectivity index (χ0n) is 10.8. The van der Waals surface area contributed by atoms with E-state index in [2.05, 4.69) is 0 Å². The van der Waals surface area contributed by atoms with Crippen LogP contribution in [0.1, 0.15) is 29.3 Å². The number of carbonyl (C=O) groups excluding carboxylic acids is 1. The summed E-state index contributed by atoms with van der Waals surface area (Å²) in [6.07, 6.45) is 1.86. The number of aromatic hydroxyl groups is 1. The van der Waals surface area contributed by atoms with Gasteiger partial charge in [-0.1, -0.05) is 13.0 Å². The second-order valence-corrected chi connectivity index (χ2v) is 3.89. The molecule has 2 N–H and O–H groups in total. The van der Waals surface area contributed by atoms with Crippen LogP contribution < -0.4 is 0 Å². The number of esters is 1. The smallest absolute Gasteiger partial charge is 0.348 e. The maximum absolute atomic E-state index is 11.5. The molecule has 0 amide bonds. The van der Waals surface area contributed by atoms with E-state index in [1.54, 1.807) is 6.07 Å². The molecule has 6 nitrogen and oxygen atoms in total. The van der Waals surface area contributed by atoms with Crippen molar-refractivity contribution in [2.24, 2.45) is 0 Å². The van der Waals surface area contributed by atoms with Crippen molar-refractivity contribution in [2.45, 2.75) is 13.3 Å². The van der Waals surface area contributed by atoms with Crippen LogP contribution in [0.5, 0.6) is 5.75 Å². The van der Waals surface area contributed by atoms with Crippen LogP contribution in [0.3, 0.4) is 0 Å². The zero-order valence-corrected chi connectivity index (χ0v) is 10.8. The van der Waals surface area contributed by atoms with Crippen LogP contribution in [0.15, 0.2) is 23.8 Å². The van der Waals surface area contributed by atoms with Crippen LogP contribution in [0.4, 0.5) is 0 Å². The van der Waals surface area contributed by atoms with E-state index in [4.69, 9.17) is 15.1 Å². The van der Waals surface area contributed by atoms with Crippen LogP contribution in [0.25, 0.3) is 6.08 Å². The molecular formula is C14H13NO5. The molecule has 0 aliphatic carbocycles. The molecule has 104 valence electrons. The highest BCUT2D eigenvalue weighted by Crippen LogP contribution is 2.20. The van der Waals surface area contributed by atoms with Gasteiger partial charge >= 0.3 is 11.9 Å². The summed E-state index contributed by atoms with van der Waals surface area (Å²) in [5.74, 6) is -2.46. The normalized spacial score (nSPS) is 10.7. The van der Waals surface area contributed by atoms with E-state index in [9.17, 15) is 14.7 Å². The Morgan fingerprint density at radius 3 is 2.65 bits per heavy atom. The first-order valence-corrected chi connectivity index (χ1v) is 5.84. The molecule has 0 unspecified atom stereocenters. The van der Waals surface area contributed by atoms with E-state index >= 15 is 0 Å². The Balaban J connectivity index is 3.02. The number of ether oxygens (including phenoxy) is 1. The SMILES string of the molecule is CCCOC(=O)/C(C#N)=C/c1ccc(C(=O)O)c(O)c1. The molecule has 20 heavy (non-hydrogen) atoms. The van der Waals surface area contributed by atoms with Gasteiger partial charge in [0.1, 0.15) is 23.0 Å². The van der Waals surface area contributed by atoms with E-state index in [-0.39, 0.29) is 17.7 Å². The van der Waals surface area contributed by atoms with Crippen molar-refractivity contribution in [3.8, 4) is 11.8 Å². The van der Waals surface area contributed by atoms with Crippen molar-refractivity contribution in [1.29, 1.82) is 5.26 Å². The first-order chi connectivity index (χ1) is 9.49. The summed E-state index contributed by atoms with van der Waals surface area (Å²) in [5.41, 5.74) is -0.146. The minimum atomic E-state index is -1.26. The lowest BCUT2D eigenvalue weighted by atomic mass is 10.1. The third kappa shape index (κ3) is 3.85. The number of rotatable bonds is 5. The average Bonchev–Trinajstić information content (AvgIpc) is 2.41. The molecule has 1 aromatic rings. The number of carbonyl (C=O) groups is 2. The van der Waals surface area contributed by atoms with Crippen molar-refractivity contribution in [3.05, 3.63) is 34.9 Å². The Hall–Kier alpha value is -2.81. The standard InChI is InChI=1S/C14H13NO5/c1-2-5-20-14(19)10(8-15)6-9-3-4-11(13(17)18)12(16)7-9/h3-4,6-7,16H,2,5H2,1H3,(H,17,18)/b10-6+. The van der Waals surface area contributed by atoms with Crippen molar-refractivity contribution < 1.29 is 24.5 Å². The molecule has 0 saturated carbocycles. The van der Waals surface area contributed by atoms with Crippen molar-refractivity contribution in [1.82, 2.24) is 0 Å². The molecule has 1 aromatic carbocycles. The van der Waals surface area contributed by atoms with Gasteiger partial charge in [-0.05, 0) is 30.2 Å². The quantitative estimate of drug-likeness (QED) is 0.483. The summed E-state index contributed by atoms with van der Waals surface area (Å²) < 4.78 is 4.82. The van der Waals surface area contributed by atoms with Gasteiger partial charge in [-0.15, -0.1) is 0 Å². The van der Waals surface area contributed by atoms with Gasteiger partial charge in [-0.2, -0.15) is 5.26 Å². The molecule has 6 heteroatoms. The summed E-state index contributed by atoms with van der Waals surface area (Å²) in [5, 5.41) is 27.2. The van der Waals surface area contributed by atoms with E-state index in [1.165, 1.54) is 18.2 Å². The minimum Gasteiger partial charge on any atom is -0.507 e. The fourth-order valence-corrected chi connectivity index (χ4v) is 1.40. The molecule has 0 spiro atoms. The van der Waals surface area contributed by atoms with E-state index in [0.717, 1.165) is 6.07 Å². The molecule has 1 rings (SSSR count). The van der Waals surface area contributed by atoms with Gasteiger partial charge < -0.3 is 14.9 Å². The van der Waals surface area contributed by atoms with Gasteiger partial charge in [0.05, 0.1) is 6.61 Å².